The molecular weight excluding hydrogens is 251 g/mol. The lowest BCUT2D eigenvalue weighted by molar-refractivity contribution is 0.317. The molecule has 0 amide bonds. The van der Waals surface area contributed by atoms with Crippen LogP contribution in [-0.2, 0) is 6.54 Å². The van der Waals surface area contributed by atoms with Crippen LogP contribution in [0.25, 0.3) is 0 Å². The van der Waals surface area contributed by atoms with Gasteiger partial charge in [0.05, 0.1) is 5.69 Å². The van der Waals surface area contributed by atoms with Crippen molar-refractivity contribution in [2.75, 3.05) is 18.0 Å². The zero-order valence-corrected chi connectivity index (χ0v) is 13.0. The first-order valence-electron chi connectivity index (χ1n) is 7.87. The SMILES string of the molecule is CCN(CC1CCC1)c1c(F)cccc1CNC(C)C. The van der Waals surface area contributed by atoms with E-state index in [0.717, 1.165) is 36.8 Å². The number of para-hydroxylation sites is 1. The molecule has 0 aromatic heterocycles. The van der Waals surface area contributed by atoms with E-state index in [1.165, 1.54) is 19.3 Å². The summed E-state index contributed by atoms with van der Waals surface area (Å²) in [6, 6.07) is 5.84. The minimum atomic E-state index is -0.0887. The lowest BCUT2D eigenvalue weighted by Gasteiger charge is -2.34. The maximum atomic E-state index is 14.3. The molecule has 112 valence electrons. The molecule has 1 fully saturated rings. The number of anilines is 1. The van der Waals surface area contributed by atoms with E-state index in [1.54, 1.807) is 6.07 Å². The van der Waals surface area contributed by atoms with Crippen molar-refractivity contribution in [1.29, 1.82) is 0 Å². The van der Waals surface area contributed by atoms with E-state index in [-0.39, 0.29) is 5.82 Å². The maximum absolute atomic E-state index is 14.3. The van der Waals surface area contributed by atoms with Gasteiger partial charge in [0.15, 0.2) is 0 Å². The first-order valence-corrected chi connectivity index (χ1v) is 7.87. The van der Waals surface area contributed by atoms with Crippen LogP contribution in [0.1, 0.15) is 45.6 Å². The van der Waals surface area contributed by atoms with Crippen molar-refractivity contribution in [3.63, 3.8) is 0 Å². The zero-order chi connectivity index (χ0) is 14.5. The highest BCUT2D eigenvalue weighted by Crippen LogP contribution is 2.31. The minimum Gasteiger partial charge on any atom is -0.369 e. The van der Waals surface area contributed by atoms with Crippen LogP contribution in [0.15, 0.2) is 18.2 Å². The fourth-order valence-corrected chi connectivity index (χ4v) is 2.74. The fraction of sp³-hybridized carbons (Fsp3) is 0.647. The monoisotopic (exact) mass is 278 g/mol. The molecule has 0 unspecified atom stereocenters. The first-order chi connectivity index (χ1) is 9.61. The van der Waals surface area contributed by atoms with Gasteiger partial charge in [0.2, 0.25) is 0 Å². The van der Waals surface area contributed by atoms with Gasteiger partial charge < -0.3 is 10.2 Å². The van der Waals surface area contributed by atoms with Gasteiger partial charge in [-0.05, 0) is 37.3 Å². The Morgan fingerprint density at radius 1 is 1.35 bits per heavy atom. The van der Waals surface area contributed by atoms with Gasteiger partial charge in [-0.1, -0.05) is 32.4 Å². The molecule has 20 heavy (non-hydrogen) atoms. The van der Waals surface area contributed by atoms with Crippen LogP contribution in [0.5, 0.6) is 0 Å². The molecule has 0 aliphatic heterocycles. The van der Waals surface area contributed by atoms with Gasteiger partial charge in [-0.25, -0.2) is 4.39 Å². The van der Waals surface area contributed by atoms with Gasteiger partial charge >= 0.3 is 0 Å². The van der Waals surface area contributed by atoms with Gasteiger partial charge in [0, 0.05) is 25.7 Å². The number of hydrogen-bond acceptors (Lipinski definition) is 2. The Morgan fingerprint density at radius 2 is 2.10 bits per heavy atom. The number of nitrogens with zero attached hydrogens (tertiary/aromatic N) is 1. The second-order valence-electron chi connectivity index (χ2n) is 6.12. The fourth-order valence-electron chi connectivity index (χ4n) is 2.74. The van der Waals surface area contributed by atoms with Crippen LogP contribution in [0.4, 0.5) is 10.1 Å². The number of hydrogen-bond donors (Lipinski definition) is 1. The average molecular weight is 278 g/mol. The molecule has 1 aliphatic rings. The van der Waals surface area contributed by atoms with E-state index in [4.69, 9.17) is 0 Å². The Balaban J connectivity index is 2.17. The highest BCUT2D eigenvalue weighted by Gasteiger charge is 2.23. The Labute approximate surface area is 122 Å². The number of halogens is 1. The van der Waals surface area contributed by atoms with Crippen molar-refractivity contribution < 1.29 is 4.39 Å². The predicted octanol–water partition coefficient (Wildman–Crippen LogP) is 3.95. The zero-order valence-electron chi connectivity index (χ0n) is 13.0. The Kier molecular flexibility index (Phi) is 5.41. The lowest BCUT2D eigenvalue weighted by Crippen LogP contribution is -2.34. The highest BCUT2D eigenvalue weighted by molar-refractivity contribution is 5.55. The van der Waals surface area contributed by atoms with E-state index in [1.807, 2.05) is 12.1 Å². The summed E-state index contributed by atoms with van der Waals surface area (Å²) in [5, 5.41) is 3.40. The van der Waals surface area contributed by atoms with Gasteiger partial charge in [0.1, 0.15) is 5.82 Å². The number of benzene rings is 1. The van der Waals surface area contributed by atoms with Crippen molar-refractivity contribution in [3.05, 3.63) is 29.6 Å². The second-order valence-corrected chi connectivity index (χ2v) is 6.12. The van der Waals surface area contributed by atoms with Crippen LogP contribution < -0.4 is 10.2 Å². The Bertz CT molecular complexity index is 427. The van der Waals surface area contributed by atoms with E-state index in [9.17, 15) is 4.39 Å². The molecule has 0 heterocycles. The molecule has 0 radical (unpaired) electrons. The average Bonchev–Trinajstić information content (AvgIpc) is 2.36. The summed E-state index contributed by atoms with van der Waals surface area (Å²) in [7, 11) is 0. The quantitative estimate of drug-likeness (QED) is 0.812. The summed E-state index contributed by atoms with van der Waals surface area (Å²) >= 11 is 0. The third kappa shape index (κ3) is 3.72. The summed E-state index contributed by atoms with van der Waals surface area (Å²) in [5.74, 6) is 0.662. The van der Waals surface area contributed by atoms with Crippen molar-refractivity contribution in [3.8, 4) is 0 Å². The van der Waals surface area contributed by atoms with Crippen molar-refractivity contribution >= 4 is 5.69 Å². The van der Waals surface area contributed by atoms with Gasteiger partial charge in [0.25, 0.3) is 0 Å². The molecule has 3 heteroatoms. The van der Waals surface area contributed by atoms with Gasteiger partial charge in [-0.2, -0.15) is 0 Å². The number of nitrogens with one attached hydrogen (secondary N) is 1. The molecule has 1 N–H and O–H groups in total. The van der Waals surface area contributed by atoms with Crippen LogP contribution >= 0.6 is 0 Å². The highest BCUT2D eigenvalue weighted by atomic mass is 19.1. The minimum absolute atomic E-state index is 0.0887. The molecule has 1 aromatic rings. The van der Waals surface area contributed by atoms with Crippen LogP contribution in [0.2, 0.25) is 0 Å². The molecule has 1 aliphatic carbocycles. The third-order valence-corrected chi connectivity index (χ3v) is 4.17. The van der Waals surface area contributed by atoms with E-state index < -0.39 is 0 Å². The van der Waals surface area contributed by atoms with Gasteiger partial charge in [-0.3, -0.25) is 0 Å². The van der Waals surface area contributed by atoms with Gasteiger partial charge in [-0.15, -0.1) is 0 Å². The molecule has 0 atom stereocenters. The summed E-state index contributed by atoms with van der Waals surface area (Å²) < 4.78 is 14.3. The van der Waals surface area contributed by atoms with Crippen molar-refractivity contribution in [2.24, 2.45) is 5.92 Å². The summed E-state index contributed by atoms with van der Waals surface area (Å²) in [6.07, 6.45) is 3.93. The summed E-state index contributed by atoms with van der Waals surface area (Å²) in [5.41, 5.74) is 1.87. The Morgan fingerprint density at radius 3 is 2.65 bits per heavy atom. The second kappa shape index (κ2) is 7.07. The molecule has 1 aromatic carbocycles. The van der Waals surface area contributed by atoms with Crippen molar-refractivity contribution in [2.45, 2.75) is 52.6 Å². The maximum Gasteiger partial charge on any atom is 0.146 e. The van der Waals surface area contributed by atoms with Crippen molar-refractivity contribution in [1.82, 2.24) is 5.32 Å². The molecule has 0 spiro atoms. The van der Waals surface area contributed by atoms with Crippen LogP contribution in [-0.4, -0.2) is 19.1 Å². The van der Waals surface area contributed by atoms with Crippen LogP contribution in [0.3, 0.4) is 0 Å². The number of rotatable bonds is 7. The van der Waals surface area contributed by atoms with E-state index >= 15 is 0 Å². The lowest BCUT2D eigenvalue weighted by atomic mass is 9.85. The third-order valence-electron chi connectivity index (χ3n) is 4.17. The topological polar surface area (TPSA) is 15.3 Å². The van der Waals surface area contributed by atoms with E-state index in [2.05, 4.69) is 31.0 Å². The molecular formula is C17H27FN2. The summed E-state index contributed by atoms with van der Waals surface area (Å²) in [4.78, 5) is 2.22. The van der Waals surface area contributed by atoms with E-state index in [0.29, 0.717) is 6.04 Å². The molecule has 1 saturated carbocycles. The van der Waals surface area contributed by atoms with Crippen LogP contribution in [0, 0.1) is 11.7 Å². The smallest absolute Gasteiger partial charge is 0.146 e. The first kappa shape index (κ1) is 15.3. The molecule has 2 nitrogen and oxygen atoms in total. The normalized spacial score (nSPS) is 15.4. The molecule has 0 saturated heterocycles. The predicted molar refractivity (Wildman–Crippen MR) is 83.6 cm³/mol. The Hall–Kier alpha value is -1.09. The largest absolute Gasteiger partial charge is 0.369 e. The molecule has 2 rings (SSSR count). The molecule has 0 bridgehead atoms. The standard InChI is InChI=1S/C17H27FN2/c1-4-20(12-14-7-5-8-14)17-15(11-19-13(2)3)9-6-10-16(17)18/h6,9-10,13-14,19H,4-5,7-8,11-12H2,1-3H3. The summed E-state index contributed by atoms with van der Waals surface area (Å²) in [6.45, 7) is 8.94.